The molecule has 2 atom stereocenters. The van der Waals surface area contributed by atoms with Crippen LogP contribution in [0, 0.1) is 23.7 Å². The maximum atomic E-state index is 12.4. The van der Waals surface area contributed by atoms with Gasteiger partial charge in [-0.25, -0.2) is 0 Å². The van der Waals surface area contributed by atoms with Gasteiger partial charge >= 0.3 is 11.9 Å². The van der Waals surface area contributed by atoms with Gasteiger partial charge in [0.2, 0.25) is 0 Å². The van der Waals surface area contributed by atoms with E-state index in [1.54, 1.807) is 0 Å². The van der Waals surface area contributed by atoms with E-state index in [1.807, 2.05) is 0 Å². The Morgan fingerprint density at radius 1 is 0.667 bits per heavy atom. The van der Waals surface area contributed by atoms with Gasteiger partial charge in [-0.15, -0.1) is 11.8 Å². The van der Waals surface area contributed by atoms with Crippen LogP contribution in [0.1, 0.15) is 78.1 Å². The fraction of sp³-hybridized carbons (Fsp3) is 0.833. The van der Waals surface area contributed by atoms with E-state index in [0.29, 0.717) is 39.3 Å². The molecule has 0 aliphatic carbocycles. The highest BCUT2D eigenvalue weighted by Crippen LogP contribution is 2.18. The summed E-state index contributed by atoms with van der Waals surface area (Å²) in [6, 6.07) is 0. The van der Waals surface area contributed by atoms with Crippen LogP contribution in [0.15, 0.2) is 0 Å². The minimum Gasteiger partial charge on any atom is -0.463 e. The molecule has 1 heterocycles. The summed E-state index contributed by atoms with van der Waals surface area (Å²) < 4.78 is 21.6. The molecule has 0 N–H and O–H groups in total. The summed E-state index contributed by atoms with van der Waals surface area (Å²) in [5, 5.41) is 0. The van der Waals surface area contributed by atoms with Gasteiger partial charge in [0.25, 0.3) is 0 Å². The van der Waals surface area contributed by atoms with Gasteiger partial charge in [-0.3, -0.25) is 9.59 Å². The number of carbonyl (C=O) groups excluding carboxylic acids is 2. The summed E-state index contributed by atoms with van der Waals surface area (Å²) in [5.41, 5.74) is 0. The predicted molar refractivity (Wildman–Crippen MR) is 116 cm³/mol. The molecule has 6 nitrogen and oxygen atoms in total. The minimum atomic E-state index is -0.225. The Morgan fingerprint density at radius 2 is 1.07 bits per heavy atom. The number of unbranched alkanes of at least 4 members (excludes halogenated alkanes) is 4. The first-order valence-corrected chi connectivity index (χ1v) is 11.6. The Hall–Kier alpha value is -1.58. The molecule has 2 unspecified atom stereocenters. The average Bonchev–Trinajstić information content (AvgIpc) is 2.74. The number of carbonyl (C=O) groups is 2. The number of hydrogen-bond donors (Lipinski definition) is 0. The van der Waals surface area contributed by atoms with Crippen molar-refractivity contribution >= 4 is 11.9 Å². The van der Waals surface area contributed by atoms with Gasteiger partial charge in [0.15, 0.2) is 0 Å². The lowest BCUT2D eigenvalue weighted by molar-refractivity contribution is -0.152. The summed E-state index contributed by atoms with van der Waals surface area (Å²) in [4.78, 5) is 24.9. The molecule has 0 aromatic heterocycles. The van der Waals surface area contributed by atoms with E-state index < -0.39 is 0 Å². The first kappa shape index (κ1) is 26.5. The largest absolute Gasteiger partial charge is 0.463 e. The Kier molecular flexibility index (Phi) is 16.1. The summed E-state index contributed by atoms with van der Waals surface area (Å²) in [7, 11) is 0. The molecule has 6 heteroatoms. The number of esters is 2. The topological polar surface area (TPSA) is 71.1 Å². The molecule has 172 valence electrons. The molecule has 0 saturated heterocycles. The van der Waals surface area contributed by atoms with Crippen LogP contribution in [0.5, 0.6) is 0 Å². The summed E-state index contributed by atoms with van der Waals surface area (Å²) in [5.74, 6) is 5.38. The van der Waals surface area contributed by atoms with E-state index in [-0.39, 0.29) is 37.0 Å². The lowest BCUT2D eigenvalue weighted by Crippen LogP contribution is -2.22. The van der Waals surface area contributed by atoms with Crippen LogP contribution in [0.2, 0.25) is 0 Å². The monoisotopic (exact) mass is 424 g/mol. The third-order valence-electron chi connectivity index (χ3n) is 5.12. The average molecular weight is 425 g/mol. The highest BCUT2D eigenvalue weighted by Gasteiger charge is 2.20. The van der Waals surface area contributed by atoms with Crippen LogP contribution in [-0.2, 0) is 28.5 Å². The molecule has 0 spiro atoms. The number of hydrogen-bond acceptors (Lipinski definition) is 6. The van der Waals surface area contributed by atoms with Crippen molar-refractivity contribution in [2.24, 2.45) is 11.8 Å². The van der Waals surface area contributed by atoms with E-state index in [0.717, 1.165) is 51.4 Å². The molecule has 0 fully saturated rings. The van der Waals surface area contributed by atoms with Crippen molar-refractivity contribution in [2.45, 2.75) is 78.1 Å². The van der Waals surface area contributed by atoms with Crippen molar-refractivity contribution in [3.05, 3.63) is 0 Å². The molecule has 30 heavy (non-hydrogen) atoms. The quantitative estimate of drug-likeness (QED) is 0.329. The molecule has 1 aliphatic rings. The van der Waals surface area contributed by atoms with E-state index in [9.17, 15) is 9.59 Å². The van der Waals surface area contributed by atoms with Crippen molar-refractivity contribution in [3.8, 4) is 11.8 Å². The molecule has 0 amide bonds. The van der Waals surface area contributed by atoms with Crippen molar-refractivity contribution < 1.29 is 28.5 Å². The van der Waals surface area contributed by atoms with Crippen LogP contribution < -0.4 is 0 Å². The second-order valence-electron chi connectivity index (χ2n) is 7.71. The Balaban J connectivity index is 2.73. The van der Waals surface area contributed by atoms with Crippen molar-refractivity contribution in [3.63, 3.8) is 0 Å². The summed E-state index contributed by atoms with van der Waals surface area (Å²) in [6.07, 6.45) is 8.83. The molecule has 0 aromatic rings. The van der Waals surface area contributed by atoms with Crippen molar-refractivity contribution in [1.29, 1.82) is 0 Å². The van der Waals surface area contributed by atoms with Gasteiger partial charge in [0, 0.05) is 12.8 Å². The number of ether oxygens (including phenoxy) is 4. The Labute approximate surface area is 182 Å². The molecular formula is C24H40O6. The zero-order valence-electron chi connectivity index (χ0n) is 18.9. The van der Waals surface area contributed by atoms with Crippen molar-refractivity contribution in [2.75, 3.05) is 39.6 Å². The molecule has 0 bridgehead atoms. The van der Waals surface area contributed by atoms with Gasteiger partial charge in [0.1, 0.15) is 13.2 Å². The highest BCUT2D eigenvalue weighted by atomic mass is 16.6. The SMILES string of the molecule is CCCCCC1CC#CCC(CCCCC)C(=O)OCCOCCOCCOC1=O. The first-order chi connectivity index (χ1) is 14.7. The van der Waals surface area contributed by atoms with Gasteiger partial charge in [0.05, 0.1) is 38.3 Å². The van der Waals surface area contributed by atoms with Crippen LogP contribution in [0.3, 0.4) is 0 Å². The maximum absolute atomic E-state index is 12.4. The second-order valence-corrected chi connectivity index (χ2v) is 7.71. The number of cyclic esters (lactones) is 2. The molecule has 0 aromatic carbocycles. The van der Waals surface area contributed by atoms with Gasteiger partial charge in [-0.1, -0.05) is 52.4 Å². The Bertz CT molecular complexity index is 478. The predicted octanol–water partition coefficient (Wildman–Crippen LogP) is 4.30. The van der Waals surface area contributed by atoms with Gasteiger partial charge in [-0.2, -0.15) is 0 Å². The van der Waals surface area contributed by atoms with Crippen LogP contribution in [0.4, 0.5) is 0 Å². The molecule has 0 saturated carbocycles. The Morgan fingerprint density at radius 3 is 1.47 bits per heavy atom. The van der Waals surface area contributed by atoms with Crippen LogP contribution in [-0.4, -0.2) is 51.6 Å². The lowest BCUT2D eigenvalue weighted by atomic mass is 9.96. The molecule has 1 aliphatic heterocycles. The van der Waals surface area contributed by atoms with Gasteiger partial charge in [-0.05, 0) is 12.8 Å². The lowest BCUT2D eigenvalue weighted by Gasteiger charge is -2.15. The fourth-order valence-corrected chi connectivity index (χ4v) is 3.24. The van der Waals surface area contributed by atoms with E-state index in [2.05, 4.69) is 25.7 Å². The summed E-state index contributed by atoms with van der Waals surface area (Å²) >= 11 is 0. The van der Waals surface area contributed by atoms with Gasteiger partial charge < -0.3 is 18.9 Å². The second kappa shape index (κ2) is 18.2. The molecular weight excluding hydrogens is 384 g/mol. The van der Waals surface area contributed by atoms with Crippen LogP contribution in [0.25, 0.3) is 0 Å². The first-order valence-electron chi connectivity index (χ1n) is 11.6. The molecule has 0 radical (unpaired) electrons. The third-order valence-corrected chi connectivity index (χ3v) is 5.12. The van der Waals surface area contributed by atoms with Crippen LogP contribution >= 0.6 is 0 Å². The van der Waals surface area contributed by atoms with E-state index in [1.165, 1.54) is 0 Å². The highest BCUT2D eigenvalue weighted by molar-refractivity contribution is 5.73. The van der Waals surface area contributed by atoms with E-state index in [4.69, 9.17) is 18.9 Å². The number of rotatable bonds is 8. The fourth-order valence-electron chi connectivity index (χ4n) is 3.24. The zero-order chi connectivity index (χ0) is 21.9. The summed E-state index contributed by atoms with van der Waals surface area (Å²) in [6.45, 7) is 6.28. The molecule has 1 rings (SSSR count). The minimum absolute atomic E-state index is 0.208. The standard InChI is InChI=1S/C24H40O6/c1-3-5-7-11-21-13-9-10-14-22(12-8-6-4-2)24(26)30-20-18-28-16-15-27-17-19-29-23(21)25/h21-22H,3-8,11-20H2,1-2H3. The normalized spacial score (nSPS) is 22.7. The smallest absolute Gasteiger partial charge is 0.309 e. The maximum Gasteiger partial charge on any atom is 0.309 e. The zero-order valence-corrected chi connectivity index (χ0v) is 18.9. The van der Waals surface area contributed by atoms with E-state index >= 15 is 0 Å². The van der Waals surface area contributed by atoms with Crippen molar-refractivity contribution in [1.82, 2.24) is 0 Å². The third kappa shape index (κ3) is 12.9.